The van der Waals surface area contributed by atoms with Crippen LogP contribution in [0.4, 0.5) is 0 Å². The maximum Gasteiger partial charge on any atom is 0.160 e. The van der Waals surface area contributed by atoms with E-state index in [-0.39, 0.29) is 0 Å². The van der Waals surface area contributed by atoms with E-state index in [2.05, 4.69) is 231 Å². The Bertz CT molecular complexity index is 4190. The maximum atomic E-state index is 6.71. The molecule has 15 rings (SSSR count). The van der Waals surface area contributed by atoms with Crippen molar-refractivity contribution in [2.24, 2.45) is 0 Å². The summed E-state index contributed by atoms with van der Waals surface area (Å²) in [4.78, 5) is 10.8. The number of hydrogen-bond donors (Lipinski definition) is 0. The van der Waals surface area contributed by atoms with Gasteiger partial charge in [0.25, 0.3) is 0 Å². The second-order valence-electron chi connectivity index (χ2n) is 18.3. The van der Waals surface area contributed by atoms with E-state index in [0.717, 1.165) is 66.7 Å². The summed E-state index contributed by atoms with van der Waals surface area (Å²) in [5.74, 6) is 0.673. The second kappa shape index (κ2) is 14.6. The van der Waals surface area contributed by atoms with Gasteiger partial charge in [-0.2, -0.15) is 0 Å². The molecule has 0 bridgehead atoms. The summed E-state index contributed by atoms with van der Waals surface area (Å²) >= 11 is 1.82. The molecule has 2 aliphatic rings. The van der Waals surface area contributed by atoms with E-state index in [9.17, 15) is 0 Å². The van der Waals surface area contributed by atoms with Crippen LogP contribution in [0, 0.1) is 0 Å². The molecule has 3 nitrogen and oxygen atoms in total. The first-order valence-corrected chi connectivity index (χ1v) is 24.4. The molecule has 0 radical (unpaired) electrons. The first-order valence-electron chi connectivity index (χ1n) is 23.5. The lowest BCUT2D eigenvalue weighted by molar-refractivity contribution is 0.669. The minimum atomic E-state index is -0.418. The molecule has 10 aromatic carbocycles. The van der Waals surface area contributed by atoms with Crippen molar-refractivity contribution >= 4 is 53.4 Å². The standard InChI is InChI=1S/C65H38N2OS/c1-2-14-39(15-3-1)40-28-30-41(31-29-40)64-66-56(38-57(67-64)49-21-13-27-61-63(49)50-19-7-11-26-60(50)69-61)48-20-12-25-59-62(48)51-36-42(33-35-58(51)68-59)43-32-34-47-46-18-6-10-24-54(46)65(55(47)37-43)52-22-8-4-16-44(52)45-17-5-9-23-53(45)65/h1-38H. The van der Waals surface area contributed by atoms with Gasteiger partial charge in [-0.3, -0.25) is 0 Å². The van der Waals surface area contributed by atoms with Gasteiger partial charge in [0.1, 0.15) is 11.2 Å². The normalized spacial score (nSPS) is 13.0. The Morgan fingerprint density at radius 1 is 0.319 bits per heavy atom. The van der Waals surface area contributed by atoms with Gasteiger partial charge in [0, 0.05) is 47.6 Å². The van der Waals surface area contributed by atoms with Gasteiger partial charge in [-0.15, -0.1) is 11.3 Å². The van der Waals surface area contributed by atoms with Crippen molar-refractivity contribution in [3.05, 3.63) is 253 Å². The third-order valence-electron chi connectivity index (χ3n) is 14.8. The fraction of sp³-hybridized carbons (Fsp3) is 0.0154. The number of fused-ring (bicyclic) bond motifs is 16. The van der Waals surface area contributed by atoms with Crippen LogP contribution < -0.4 is 0 Å². The molecule has 0 fully saturated rings. The molecule has 69 heavy (non-hydrogen) atoms. The quantitative estimate of drug-likeness (QED) is 0.173. The van der Waals surface area contributed by atoms with Gasteiger partial charge < -0.3 is 4.42 Å². The summed E-state index contributed by atoms with van der Waals surface area (Å²) in [5.41, 5.74) is 21.2. The van der Waals surface area contributed by atoms with Crippen LogP contribution in [0.25, 0.3) is 121 Å². The average molecular weight is 895 g/mol. The molecule has 13 aromatic rings. The summed E-state index contributed by atoms with van der Waals surface area (Å²) in [5, 5.41) is 4.54. The molecule has 3 heterocycles. The third-order valence-corrected chi connectivity index (χ3v) is 15.9. The molecular formula is C65H38N2OS. The Labute approximate surface area is 402 Å². The lowest BCUT2D eigenvalue weighted by Crippen LogP contribution is -2.25. The van der Waals surface area contributed by atoms with Crippen molar-refractivity contribution in [1.29, 1.82) is 0 Å². The van der Waals surface area contributed by atoms with Crippen LogP contribution in [0.15, 0.2) is 235 Å². The molecule has 2 aliphatic carbocycles. The molecular weight excluding hydrogens is 857 g/mol. The lowest BCUT2D eigenvalue weighted by atomic mass is 9.70. The van der Waals surface area contributed by atoms with Crippen molar-refractivity contribution in [2.45, 2.75) is 5.41 Å². The van der Waals surface area contributed by atoms with Crippen LogP contribution in [0.1, 0.15) is 22.3 Å². The summed E-state index contributed by atoms with van der Waals surface area (Å²) in [6, 6.07) is 83.7. The minimum absolute atomic E-state index is 0.418. The van der Waals surface area contributed by atoms with Crippen LogP contribution in [-0.4, -0.2) is 9.97 Å². The Morgan fingerprint density at radius 2 is 0.841 bits per heavy atom. The van der Waals surface area contributed by atoms with Crippen LogP contribution in [0.2, 0.25) is 0 Å². The fourth-order valence-electron chi connectivity index (χ4n) is 11.8. The van der Waals surface area contributed by atoms with Crippen molar-refractivity contribution in [2.75, 3.05) is 0 Å². The van der Waals surface area contributed by atoms with Gasteiger partial charge in [-0.25, -0.2) is 9.97 Å². The van der Waals surface area contributed by atoms with E-state index >= 15 is 0 Å². The second-order valence-corrected chi connectivity index (χ2v) is 19.4. The molecule has 3 aromatic heterocycles. The summed E-state index contributed by atoms with van der Waals surface area (Å²) < 4.78 is 9.21. The van der Waals surface area contributed by atoms with Crippen molar-refractivity contribution in [3.63, 3.8) is 0 Å². The zero-order valence-electron chi connectivity index (χ0n) is 37.2. The Morgan fingerprint density at radius 3 is 1.57 bits per heavy atom. The predicted molar refractivity (Wildman–Crippen MR) is 286 cm³/mol. The number of aromatic nitrogens is 2. The van der Waals surface area contributed by atoms with E-state index in [1.165, 1.54) is 70.2 Å². The highest BCUT2D eigenvalue weighted by Crippen LogP contribution is 2.63. The smallest absolute Gasteiger partial charge is 0.160 e. The third kappa shape index (κ3) is 5.55. The molecule has 0 aliphatic heterocycles. The highest BCUT2D eigenvalue weighted by atomic mass is 32.1. The van der Waals surface area contributed by atoms with E-state index in [0.29, 0.717) is 5.82 Å². The number of nitrogens with zero attached hydrogens (tertiary/aromatic N) is 2. The van der Waals surface area contributed by atoms with Crippen LogP contribution in [0.5, 0.6) is 0 Å². The van der Waals surface area contributed by atoms with Gasteiger partial charge in [-0.1, -0.05) is 188 Å². The van der Waals surface area contributed by atoms with Gasteiger partial charge >= 0.3 is 0 Å². The Balaban J connectivity index is 0.923. The van der Waals surface area contributed by atoms with E-state index < -0.39 is 5.41 Å². The number of benzene rings is 10. The van der Waals surface area contributed by atoms with Crippen molar-refractivity contribution < 1.29 is 4.42 Å². The topological polar surface area (TPSA) is 38.9 Å². The zero-order chi connectivity index (χ0) is 45.2. The highest BCUT2D eigenvalue weighted by molar-refractivity contribution is 7.25. The first-order chi connectivity index (χ1) is 34.2. The van der Waals surface area contributed by atoms with Crippen LogP contribution in [0.3, 0.4) is 0 Å². The van der Waals surface area contributed by atoms with E-state index in [1.807, 2.05) is 11.3 Å². The summed E-state index contributed by atoms with van der Waals surface area (Å²) in [6.07, 6.45) is 0. The van der Waals surface area contributed by atoms with Crippen molar-refractivity contribution in [1.82, 2.24) is 9.97 Å². The lowest BCUT2D eigenvalue weighted by Gasteiger charge is -2.30. The van der Waals surface area contributed by atoms with Gasteiger partial charge in [0.2, 0.25) is 0 Å². The summed E-state index contributed by atoms with van der Waals surface area (Å²) in [6.45, 7) is 0. The van der Waals surface area contributed by atoms with Crippen LogP contribution >= 0.6 is 11.3 Å². The molecule has 0 unspecified atom stereocenters. The van der Waals surface area contributed by atoms with E-state index in [4.69, 9.17) is 14.4 Å². The number of thiophene rings is 1. The molecule has 0 atom stereocenters. The fourth-order valence-corrected chi connectivity index (χ4v) is 12.9. The SMILES string of the molecule is c1ccc(-c2ccc(-c3nc(-c4cccc5oc6ccc(-c7ccc8c(c7)C7(c9ccccc9-c9ccccc97)c7ccccc7-8)cc6c45)cc(-c4cccc5sc6ccccc6c45)n3)cc2)cc1. The zero-order valence-corrected chi connectivity index (χ0v) is 38.0. The molecule has 0 amide bonds. The highest BCUT2D eigenvalue weighted by Gasteiger charge is 2.51. The van der Waals surface area contributed by atoms with Gasteiger partial charge in [-0.05, 0) is 109 Å². The average Bonchev–Trinajstić information content (AvgIpc) is 4.16. The Hall–Kier alpha value is -8.70. The monoisotopic (exact) mass is 894 g/mol. The number of rotatable bonds is 5. The van der Waals surface area contributed by atoms with E-state index in [1.54, 1.807) is 0 Å². The summed E-state index contributed by atoms with van der Waals surface area (Å²) in [7, 11) is 0. The molecule has 0 saturated carbocycles. The minimum Gasteiger partial charge on any atom is -0.456 e. The molecule has 0 N–H and O–H groups in total. The first kappa shape index (κ1) is 38.4. The number of furan rings is 1. The maximum absolute atomic E-state index is 6.71. The van der Waals surface area contributed by atoms with Crippen molar-refractivity contribution in [3.8, 4) is 78.4 Å². The largest absolute Gasteiger partial charge is 0.456 e. The molecule has 0 saturated heterocycles. The van der Waals surface area contributed by atoms with Crippen LogP contribution in [-0.2, 0) is 5.41 Å². The van der Waals surface area contributed by atoms with Gasteiger partial charge in [0.15, 0.2) is 5.82 Å². The molecule has 320 valence electrons. The van der Waals surface area contributed by atoms with Gasteiger partial charge in [0.05, 0.1) is 16.8 Å². The molecule has 4 heteroatoms. The Kier molecular flexibility index (Phi) is 8.15. The predicted octanol–water partition coefficient (Wildman–Crippen LogP) is 17.4. The number of hydrogen-bond acceptors (Lipinski definition) is 4. The molecule has 1 spiro atoms.